The second-order valence-electron chi connectivity index (χ2n) is 3.80. The highest BCUT2D eigenvalue weighted by atomic mass is 19.4. The van der Waals surface area contributed by atoms with Crippen molar-refractivity contribution in [1.29, 1.82) is 0 Å². The van der Waals surface area contributed by atoms with Gasteiger partial charge in [0.25, 0.3) is 0 Å². The summed E-state index contributed by atoms with van der Waals surface area (Å²) in [4.78, 5) is 0. The summed E-state index contributed by atoms with van der Waals surface area (Å²) in [6, 6.07) is 4.61. The predicted molar refractivity (Wildman–Crippen MR) is 48.7 cm³/mol. The molecular weight excluding hydrogens is 248 g/mol. The first-order valence-corrected chi connectivity index (χ1v) is 4.67. The monoisotopic (exact) mass is 255 g/mol. The molecule has 17 heavy (non-hydrogen) atoms. The minimum atomic E-state index is -5.38. The number of hydrogen-bond donors (Lipinski definition) is 1. The van der Waals surface area contributed by atoms with Crippen LogP contribution in [0.15, 0.2) is 24.3 Å². The molecule has 1 N–H and O–H groups in total. The third-order valence-corrected chi connectivity index (χ3v) is 2.90. The summed E-state index contributed by atoms with van der Waals surface area (Å²) >= 11 is 0. The summed E-state index contributed by atoms with van der Waals surface area (Å²) in [6.07, 6.45) is -10.8. The lowest BCUT2D eigenvalue weighted by Gasteiger charge is -2.33. The van der Waals surface area contributed by atoms with Crippen LogP contribution in [0.1, 0.15) is 5.56 Å². The molecule has 0 atom stereocenters. The Morgan fingerprint density at radius 2 is 1.47 bits per heavy atom. The van der Waals surface area contributed by atoms with E-state index in [-0.39, 0.29) is 5.69 Å². The summed E-state index contributed by atoms with van der Waals surface area (Å²) in [5.74, 6) is 0. The number of anilines is 1. The van der Waals surface area contributed by atoms with Crippen molar-refractivity contribution in [2.45, 2.75) is 17.8 Å². The smallest absolute Gasteiger partial charge is 0.383 e. The average molecular weight is 255 g/mol. The first-order chi connectivity index (χ1) is 7.70. The maximum absolute atomic E-state index is 12.8. The summed E-state index contributed by atoms with van der Waals surface area (Å²) in [7, 11) is 0. The van der Waals surface area contributed by atoms with E-state index in [1.165, 1.54) is 12.1 Å². The summed E-state index contributed by atoms with van der Waals surface area (Å²) in [5, 5.41) is 2.16. The van der Waals surface area contributed by atoms with Gasteiger partial charge >= 0.3 is 12.4 Å². The highest BCUT2D eigenvalue weighted by molar-refractivity contribution is 5.62. The van der Waals surface area contributed by atoms with Crippen LogP contribution in [0, 0.1) is 0 Å². The van der Waals surface area contributed by atoms with Crippen LogP contribution < -0.4 is 5.32 Å². The number of para-hydroxylation sites is 1. The van der Waals surface area contributed by atoms with E-state index in [1.807, 2.05) is 0 Å². The van der Waals surface area contributed by atoms with Gasteiger partial charge < -0.3 is 5.32 Å². The topological polar surface area (TPSA) is 12.0 Å². The van der Waals surface area contributed by atoms with Crippen molar-refractivity contribution in [3.8, 4) is 0 Å². The van der Waals surface area contributed by atoms with Gasteiger partial charge in [-0.1, -0.05) is 18.2 Å². The summed E-state index contributed by atoms with van der Waals surface area (Å²) in [6.45, 7) is -1.21. The van der Waals surface area contributed by atoms with E-state index in [9.17, 15) is 26.3 Å². The molecule has 7 heteroatoms. The summed E-state index contributed by atoms with van der Waals surface area (Å²) < 4.78 is 77.0. The molecule has 0 saturated carbocycles. The van der Waals surface area contributed by atoms with Gasteiger partial charge in [-0.05, 0) is 6.07 Å². The van der Waals surface area contributed by atoms with Crippen molar-refractivity contribution in [2.75, 3.05) is 11.9 Å². The van der Waals surface area contributed by atoms with Crippen LogP contribution in [-0.2, 0) is 5.41 Å². The molecule has 1 aromatic carbocycles. The van der Waals surface area contributed by atoms with Gasteiger partial charge in [-0.2, -0.15) is 26.3 Å². The van der Waals surface area contributed by atoms with Crippen molar-refractivity contribution < 1.29 is 26.3 Å². The van der Waals surface area contributed by atoms with E-state index in [2.05, 4.69) is 5.32 Å². The van der Waals surface area contributed by atoms with Gasteiger partial charge in [-0.3, -0.25) is 0 Å². The first-order valence-electron chi connectivity index (χ1n) is 4.67. The summed E-state index contributed by atoms with van der Waals surface area (Å²) in [5.41, 5.74) is -4.70. The molecule has 0 radical (unpaired) electrons. The van der Waals surface area contributed by atoms with Crippen LogP contribution in [0.4, 0.5) is 32.0 Å². The maximum atomic E-state index is 12.8. The molecule has 94 valence electrons. The molecule has 0 unspecified atom stereocenters. The number of nitrogens with one attached hydrogen (secondary N) is 1. The fourth-order valence-electron chi connectivity index (χ4n) is 2.00. The lowest BCUT2D eigenvalue weighted by molar-refractivity contribution is -0.296. The lowest BCUT2D eigenvalue weighted by atomic mass is 9.81. The van der Waals surface area contributed by atoms with Crippen molar-refractivity contribution in [2.24, 2.45) is 0 Å². The van der Waals surface area contributed by atoms with E-state index < -0.39 is 29.9 Å². The Morgan fingerprint density at radius 1 is 0.941 bits per heavy atom. The second kappa shape index (κ2) is 3.30. The van der Waals surface area contributed by atoms with Crippen molar-refractivity contribution in [1.82, 2.24) is 0 Å². The highest BCUT2D eigenvalue weighted by Gasteiger charge is 2.73. The predicted octanol–water partition coefficient (Wildman–Crippen LogP) is 3.47. The quantitative estimate of drug-likeness (QED) is 0.700. The van der Waals surface area contributed by atoms with Gasteiger partial charge in [0, 0.05) is 17.8 Å². The number of halogens is 6. The lowest BCUT2D eigenvalue weighted by Crippen LogP contribution is -2.55. The highest BCUT2D eigenvalue weighted by Crippen LogP contribution is 2.56. The van der Waals surface area contributed by atoms with Crippen LogP contribution in [-0.4, -0.2) is 18.9 Å². The molecule has 0 aromatic heterocycles. The SMILES string of the molecule is FC(F)(F)C1(C(F)(F)F)CNc2ccccc21. The molecule has 0 bridgehead atoms. The third kappa shape index (κ3) is 1.48. The molecule has 1 aromatic rings. The molecule has 1 heterocycles. The van der Waals surface area contributed by atoms with Gasteiger partial charge in [0.2, 0.25) is 5.41 Å². The van der Waals surface area contributed by atoms with Crippen LogP contribution in [0.3, 0.4) is 0 Å². The fourth-order valence-corrected chi connectivity index (χ4v) is 2.00. The van der Waals surface area contributed by atoms with Gasteiger partial charge in [-0.25, -0.2) is 0 Å². The molecule has 2 rings (SSSR count). The molecule has 0 fully saturated rings. The number of fused-ring (bicyclic) bond motifs is 1. The number of hydrogen-bond acceptors (Lipinski definition) is 1. The standard InChI is InChI=1S/C10H7F6N/c11-9(12,13)8(10(14,15)16)5-17-7-4-2-1-3-6(7)8/h1-4,17H,5H2. The molecule has 0 spiro atoms. The Balaban J connectivity index is 2.68. The molecule has 0 aliphatic carbocycles. The van der Waals surface area contributed by atoms with Crippen LogP contribution in [0.5, 0.6) is 0 Å². The first kappa shape index (κ1) is 12.1. The molecule has 1 nitrogen and oxygen atoms in total. The van der Waals surface area contributed by atoms with E-state index in [1.54, 1.807) is 0 Å². The Labute approximate surface area is 92.4 Å². The van der Waals surface area contributed by atoms with E-state index >= 15 is 0 Å². The van der Waals surface area contributed by atoms with Gasteiger partial charge in [0.15, 0.2) is 0 Å². The van der Waals surface area contributed by atoms with E-state index in [0.29, 0.717) is 0 Å². The molecule has 1 aliphatic rings. The third-order valence-electron chi connectivity index (χ3n) is 2.90. The van der Waals surface area contributed by atoms with Crippen molar-refractivity contribution in [3.63, 3.8) is 0 Å². The molecule has 1 aliphatic heterocycles. The maximum Gasteiger partial charge on any atom is 0.409 e. The van der Waals surface area contributed by atoms with Crippen LogP contribution >= 0.6 is 0 Å². The van der Waals surface area contributed by atoms with E-state index in [0.717, 1.165) is 12.1 Å². The van der Waals surface area contributed by atoms with Crippen molar-refractivity contribution >= 4 is 5.69 Å². The van der Waals surface area contributed by atoms with Crippen molar-refractivity contribution in [3.05, 3.63) is 29.8 Å². The fraction of sp³-hybridized carbons (Fsp3) is 0.400. The zero-order valence-electron chi connectivity index (χ0n) is 8.28. The van der Waals surface area contributed by atoms with Crippen LogP contribution in [0.2, 0.25) is 0 Å². The zero-order valence-corrected chi connectivity index (χ0v) is 8.28. The Kier molecular flexibility index (Phi) is 2.34. The Bertz CT molecular complexity index is 419. The minimum absolute atomic E-state index is 0.123. The largest absolute Gasteiger partial charge is 0.409 e. The van der Waals surface area contributed by atoms with Gasteiger partial charge in [0.05, 0.1) is 0 Å². The van der Waals surface area contributed by atoms with E-state index in [4.69, 9.17) is 0 Å². The zero-order chi connectivity index (χ0) is 12.9. The molecular formula is C10H7F6N. The van der Waals surface area contributed by atoms with Crippen LogP contribution in [0.25, 0.3) is 0 Å². The molecule has 0 amide bonds. The van der Waals surface area contributed by atoms with Gasteiger partial charge in [-0.15, -0.1) is 0 Å². The minimum Gasteiger partial charge on any atom is -0.383 e. The second-order valence-corrected chi connectivity index (χ2v) is 3.80. The van der Waals surface area contributed by atoms with Gasteiger partial charge in [0.1, 0.15) is 0 Å². The average Bonchev–Trinajstić information content (AvgIpc) is 2.55. The number of benzene rings is 1. The number of rotatable bonds is 0. The molecule has 0 saturated heterocycles. The Hall–Kier alpha value is -1.40. The Morgan fingerprint density at radius 3 is 2.00 bits per heavy atom. The normalized spacial score (nSPS) is 18.7. The number of alkyl halides is 6.